The van der Waals surface area contributed by atoms with Gasteiger partial charge in [-0.05, 0) is 43.2 Å². The van der Waals surface area contributed by atoms with Gasteiger partial charge in [0.1, 0.15) is 5.75 Å². The molecule has 1 saturated carbocycles. The van der Waals surface area contributed by atoms with E-state index in [9.17, 15) is 4.79 Å². The van der Waals surface area contributed by atoms with Gasteiger partial charge >= 0.3 is 0 Å². The summed E-state index contributed by atoms with van der Waals surface area (Å²) in [4.78, 5) is 13.7. The summed E-state index contributed by atoms with van der Waals surface area (Å²) in [6, 6.07) is 8.01. The third-order valence-electron chi connectivity index (χ3n) is 5.81. The molecule has 4 heteroatoms. The molecular weight excluding hydrogens is 300 g/mol. The zero-order valence-corrected chi connectivity index (χ0v) is 14.9. The minimum Gasteiger partial charge on any atom is -0.496 e. The van der Waals surface area contributed by atoms with Crippen molar-refractivity contribution in [1.82, 2.24) is 5.32 Å². The maximum Gasteiger partial charge on any atom is 0.275 e. The lowest BCUT2D eigenvalue weighted by Gasteiger charge is -2.38. The Morgan fingerprint density at radius 3 is 2.83 bits per heavy atom. The summed E-state index contributed by atoms with van der Waals surface area (Å²) in [7, 11) is 1.69. The molecule has 1 saturated heterocycles. The van der Waals surface area contributed by atoms with Gasteiger partial charge in [-0.15, -0.1) is 0 Å². The number of rotatable bonds is 6. The van der Waals surface area contributed by atoms with E-state index in [4.69, 9.17) is 4.74 Å². The number of ether oxygens (including phenoxy) is 1. The van der Waals surface area contributed by atoms with E-state index in [1.807, 2.05) is 18.2 Å². The number of benzene rings is 1. The van der Waals surface area contributed by atoms with Gasteiger partial charge in [-0.25, -0.2) is 0 Å². The van der Waals surface area contributed by atoms with E-state index >= 15 is 0 Å². The summed E-state index contributed by atoms with van der Waals surface area (Å²) in [6.07, 6.45) is 7.73. The van der Waals surface area contributed by atoms with E-state index in [1.54, 1.807) is 7.11 Å². The molecule has 1 aliphatic carbocycles. The number of para-hydroxylation sites is 1. The summed E-state index contributed by atoms with van der Waals surface area (Å²) in [5.41, 5.74) is 1.15. The van der Waals surface area contributed by atoms with Crippen molar-refractivity contribution in [2.45, 2.75) is 38.5 Å². The van der Waals surface area contributed by atoms with E-state index in [1.165, 1.54) is 50.1 Å². The fourth-order valence-corrected chi connectivity index (χ4v) is 4.49. The van der Waals surface area contributed by atoms with E-state index < -0.39 is 0 Å². The van der Waals surface area contributed by atoms with Crippen molar-refractivity contribution in [3.63, 3.8) is 0 Å². The maximum atomic E-state index is 12.3. The van der Waals surface area contributed by atoms with Crippen molar-refractivity contribution in [2.24, 2.45) is 11.8 Å². The van der Waals surface area contributed by atoms with Crippen molar-refractivity contribution < 1.29 is 14.4 Å². The molecule has 3 rings (SSSR count). The Balaban J connectivity index is 1.40. The zero-order valence-electron chi connectivity index (χ0n) is 14.9. The summed E-state index contributed by atoms with van der Waals surface area (Å²) in [5, 5.41) is 3.09. The zero-order chi connectivity index (χ0) is 16.8. The van der Waals surface area contributed by atoms with Gasteiger partial charge in [0.2, 0.25) is 0 Å². The number of fused-ring (bicyclic) bond motifs is 1. The van der Waals surface area contributed by atoms with Gasteiger partial charge in [-0.2, -0.15) is 0 Å². The van der Waals surface area contributed by atoms with Gasteiger partial charge in [0.05, 0.1) is 20.2 Å². The van der Waals surface area contributed by atoms with Gasteiger partial charge in [0, 0.05) is 12.5 Å². The van der Waals surface area contributed by atoms with Crippen molar-refractivity contribution in [2.75, 3.05) is 33.3 Å². The van der Waals surface area contributed by atoms with Crippen LogP contribution in [0.25, 0.3) is 0 Å². The molecule has 2 fully saturated rings. The molecule has 2 N–H and O–H groups in total. The number of piperidine rings is 1. The molecule has 1 heterocycles. The van der Waals surface area contributed by atoms with Crippen LogP contribution in [0, 0.1) is 11.8 Å². The third kappa shape index (κ3) is 4.50. The Kier molecular flexibility index (Phi) is 6.13. The topological polar surface area (TPSA) is 42.8 Å². The molecule has 2 aliphatic rings. The highest BCUT2D eigenvalue weighted by atomic mass is 16.5. The fourth-order valence-electron chi connectivity index (χ4n) is 4.49. The molecule has 1 aromatic rings. The highest BCUT2D eigenvalue weighted by Gasteiger charge is 2.34. The first kappa shape index (κ1) is 17.3. The number of nitrogens with one attached hydrogen (secondary N) is 2. The highest BCUT2D eigenvalue weighted by Crippen LogP contribution is 2.32. The van der Waals surface area contributed by atoms with Crippen molar-refractivity contribution in [3.05, 3.63) is 29.8 Å². The summed E-state index contributed by atoms with van der Waals surface area (Å²) in [5.74, 6) is 2.89. The van der Waals surface area contributed by atoms with Crippen molar-refractivity contribution in [1.29, 1.82) is 0 Å². The SMILES string of the molecule is COc1ccccc1CCNC(=O)C[NH+]1CC[C@H]2CCCC[C@@H]2C1. The Morgan fingerprint density at radius 1 is 1.21 bits per heavy atom. The Bertz CT molecular complexity index is 546. The standard InChI is InChI=1S/C20H30N2O2/c1-24-19-9-5-4-7-17(19)10-12-21-20(23)15-22-13-11-16-6-2-3-8-18(16)14-22/h4-5,7,9,16,18H,2-3,6,8,10-15H2,1H3,(H,21,23)/p+1/t16-,18-/m1/s1. The smallest absolute Gasteiger partial charge is 0.275 e. The average molecular weight is 331 g/mol. The minimum absolute atomic E-state index is 0.189. The molecule has 0 spiro atoms. The largest absolute Gasteiger partial charge is 0.496 e. The van der Waals surface area contributed by atoms with Crippen molar-refractivity contribution >= 4 is 5.91 Å². The second kappa shape index (κ2) is 8.52. The van der Waals surface area contributed by atoms with Crippen LogP contribution in [0.15, 0.2) is 24.3 Å². The van der Waals surface area contributed by atoms with Gasteiger partial charge < -0.3 is 15.0 Å². The second-order valence-electron chi connectivity index (χ2n) is 7.39. The van der Waals surface area contributed by atoms with Crippen LogP contribution in [0.3, 0.4) is 0 Å². The van der Waals surface area contributed by atoms with Gasteiger partial charge in [-0.3, -0.25) is 4.79 Å². The van der Waals surface area contributed by atoms with Crippen molar-refractivity contribution in [3.8, 4) is 5.75 Å². The first-order chi connectivity index (χ1) is 11.8. The van der Waals surface area contributed by atoms with Gasteiger partial charge in [-0.1, -0.05) is 31.0 Å². The van der Waals surface area contributed by atoms with Crippen LogP contribution in [0.1, 0.15) is 37.7 Å². The lowest BCUT2D eigenvalue weighted by atomic mass is 9.75. The number of carbonyl (C=O) groups is 1. The number of quaternary nitrogens is 1. The predicted molar refractivity (Wildman–Crippen MR) is 95.3 cm³/mol. The molecule has 3 atom stereocenters. The van der Waals surface area contributed by atoms with E-state index in [0.29, 0.717) is 13.1 Å². The molecule has 1 aromatic carbocycles. The number of hydrogen-bond acceptors (Lipinski definition) is 2. The fraction of sp³-hybridized carbons (Fsp3) is 0.650. The number of amides is 1. The van der Waals surface area contributed by atoms with Crippen LogP contribution < -0.4 is 15.0 Å². The molecule has 24 heavy (non-hydrogen) atoms. The quantitative estimate of drug-likeness (QED) is 0.828. The number of carbonyl (C=O) groups excluding carboxylic acids is 1. The minimum atomic E-state index is 0.189. The molecule has 1 amide bonds. The summed E-state index contributed by atoms with van der Waals surface area (Å²) < 4.78 is 5.36. The Labute approximate surface area is 145 Å². The lowest BCUT2D eigenvalue weighted by Crippen LogP contribution is -3.15. The third-order valence-corrected chi connectivity index (χ3v) is 5.81. The van der Waals surface area contributed by atoms with E-state index in [0.717, 1.165) is 29.6 Å². The number of hydrogen-bond donors (Lipinski definition) is 2. The van der Waals surface area contributed by atoms with E-state index in [-0.39, 0.29) is 5.91 Å². The summed E-state index contributed by atoms with van der Waals surface area (Å²) in [6.45, 7) is 3.68. The molecule has 1 aliphatic heterocycles. The van der Waals surface area contributed by atoms with Gasteiger partial charge in [0.15, 0.2) is 6.54 Å². The van der Waals surface area contributed by atoms with Crippen LogP contribution in [-0.4, -0.2) is 39.2 Å². The van der Waals surface area contributed by atoms with E-state index in [2.05, 4.69) is 11.4 Å². The molecule has 0 radical (unpaired) electrons. The second-order valence-corrected chi connectivity index (χ2v) is 7.39. The van der Waals surface area contributed by atoms with Crippen LogP contribution >= 0.6 is 0 Å². The predicted octanol–water partition coefficient (Wildman–Crippen LogP) is 1.45. The first-order valence-corrected chi connectivity index (χ1v) is 9.48. The van der Waals surface area contributed by atoms with Crippen LogP contribution in [0.4, 0.5) is 0 Å². The normalized spacial score (nSPS) is 26.5. The number of methoxy groups -OCH3 is 1. The molecule has 1 unspecified atom stereocenters. The number of likely N-dealkylation sites (tertiary alicyclic amines) is 1. The Hall–Kier alpha value is -1.55. The lowest BCUT2D eigenvalue weighted by molar-refractivity contribution is -0.902. The maximum absolute atomic E-state index is 12.3. The average Bonchev–Trinajstić information content (AvgIpc) is 2.62. The van der Waals surface area contributed by atoms with Crippen LogP contribution in [-0.2, 0) is 11.2 Å². The molecule has 132 valence electrons. The first-order valence-electron chi connectivity index (χ1n) is 9.48. The Morgan fingerprint density at radius 2 is 2.00 bits per heavy atom. The molecule has 0 bridgehead atoms. The van der Waals surface area contributed by atoms with Crippen LogP contribution in [0.2, 0.25) is 0 Å². The molecular formula is C20H31N2O2+. The summed E-state index contributed by atoms with van der Waals surface area (Å²) >= 11 is 0. The van der Waals surface area contributed by atoms with Gasteiger partial charge in [0.25, 0.3) is 5.91 Å². The van der Waals surface area contributed by atoms with Crippen LogP contribution in [0.5, 0.6) is 5.75 Å². The monoisotopic (exact) mass is 331 g/mol. The molecule has 4 nitrogen and oxygen atoms in total. The molecule has 0 aromatic heterocycles. The highest BCUT2D eigenvalue weighted by molar-refractivity contribution is 5.76.